The van der Waals surface area contributed by atoms with E-state index >= 15 is 0 Å². The Labute approximate surface area is 187 Å². The van der Waals surface area contributed by atoms with Gasteiger partial charge in [0.15, 0.2) is 12.4 Å². The third-order valence-electron chi connectivity index (χ3n) is 4.60. The van der Waals surface area contributed by atoms with Gasteiger partial charge in [0.05, 0.1) is 26.8 Å². The summed E-state index contributed by atoms with van der Waals surface area (Å²) in [4.78, 5) is 4.31. The van der Waals surface area contributed by atoms with Gasteiger partial charge in [-0.2, -0.15) is 9.99 Å². The number of hydrogen-bond donors (Lipinski definition) is 2. The second-order valence-electron chi connectivity index (χ2n) is 6.69. The molecule has 9 heteroatoms. The zero-order chi connectivity index (χ0) is 22.0. The maximum absolute atomic E-state index is 13.5. The van der Waals surface area contributed by atoms with Gasteiger partial charge in [-0.3, -0.25) is 4.98 Å². The highest BCUT2D eigenvalue weighted by atomic mass is 35.5. The largest absolute Gasteiger partial charge is 0.619 e. The van der Waals surface area contributed by atoms with Gasteiger partial charge in [0.2, 0.25) is 0 Å². The number of halogens is 3. The molecule has 0 radical (unpaired) electrons. The third-order valence-corrected chi connectivity index (χ3v) is 5.18. The van der Waals surface area contributed by atoms with Gasteiger partial charge in [0, 0.05) is 41.6 Å². The van der Waals surface area contributed by atoms with Gasteiger partial charge in [-0.1, -0.05) is 23.2 Å². The van der Waals surface area contributed by atoms with Crippen molar-refractivity contribution in [2.75, 3.05) is 10.6 Å². The van der Waals surface area contributed by atoms with Gasteiger partial charge in [0.1, 0.15) is 11.9 Å². The average molecular weight is 454 g/mol. The second kappa shape index (κ2) is 8.64. The van der Waals surface area contributed by atoms with Crippen LogP contribution in [0.15, 0.2) is 61.1 Å². The molecule has 154 valence electrons. The molecule has 31 heavy (non-hydrogen) atoms. The third kappa shape index (κ3) is 4.45. The lowest BCUT2D eigenvalue weighted by molar-refractivity contribution is -0.605. The molecule has 0 amide bonds. The number of nitrogens with one attached hydrogen (secondary N) is 2. The minimum atomic E-state index is -0.537. The van der Waals surface area contributed by atoms with Crippen LogP contribution in [0.2, 0.25) is 10.0 Å². The van der Waals surface area contributed by atoms with Crippen molar-refractivity contribution in [3.8, 4) is 6.07 Å². The van der Waals surface area contributed by atoms with Gasteiger partial charge < -0.3 is 15.8 Å². The monoisotopic (exact) mass is 453 g/mol. The lowest BCUT2D eigenvalue weighted by Gasteiger charge is -2.15. The molecular formula is C22H14Cl2FN5O. The molecule has 0 aliphatic rings. The lowest BCUT2D eigenvalue weighted by atomic mass is 10.1. The van der Waals surface area contributed by atoms with E-state index < -0.39 is 5.82 Å². The van der Waals surface area contributed by atoms with Crippen LogP contribution in [-0.4, -0.2) is 4.98 Å². The van der Waals surface area contributed by atoms with Gasteiger partial charge in [0.25, 0.3) is 0 Å². The smallest absolute Gasteiger partial charge is 0.180 e. The molecule has 0 atom stereocenters. The summed E-state index contributed by atoms with van der Waals surface area (Å²) < 4.78 is 14.2. The van der Waals surface area contributed by atoms with Crippen LogP contribution < -0.4 is 15.4 Å². The van der Waals surface area contributed by atoms with E-state index in [1.165, 1.54) is 36.8 Å². The summed E-state index contributed by atoms with van der Waals surface area (Å²) >= 11 is 12.3. The van der Waals surface area contributed by atoms with Crippen LogP contribution >= 0.6 is 23.2 Å². The van der Waals surface area contributed by atoms with Crippen LogP contribution in [0.25, 0.3) is 10.9 Å². The molecule has 0 aliphatic carbocycles. The van der Waals surface area contributed by atoms with Crippen LogP contribution in [-0.2, 0) is 6.54 Å². The number of anilines is 3. The molecule has 0 unspecified atom stereocenters. The number of nitriles is 1. The molecule has 0 fully saturated rings. The first kappa shape index (κ1) is 20.7. The molecule has 4 rings (SSSR count). The zero-order valence-corrected chi connectivity index (χ0v) is 17.4. The van der Waals surface area contributed by atoms with Crippen LogP contribution in [0.5, 0.6) is 0 Å². The Kier molecular flexibility index (Phi) is 5.76. The molecule has 2 aromatic heterocycles. The van der Waals surface area contributed by atoms with Crippen molar-refractivity contribution in [3.05, 3.63) is 93.3 Å². The van der Waals surface area contributed by atoms with Crippen molar-refractivity contribution in [1.82, 2.24) is 4.98 Å². The minimum absolute atomic E-state index is 0.0375. The van der Waals surface area contributed by atoms with Gasteiger partial charge in [-0.25, -0.2) is 4.39 Å². The molecule has 0 spiro atoms. The van der Waals surface area contributed by atoms with Crippen molar-refractivity contribution in [3.63, 3.8) is 0 Å². The van der Waals surface area contributed by atoms with E-state index in [1.807, 2.05) is 6.07 Å². The standard InChI is InChI=1S/C22H14Cl2FN5O/c23-18-8-15(1-2-20(18)25)29-21-14(10-26)12-28-22-17(21)7-16(9-19(22)24)27-11-13-3-5-30(31)6-4-13/h1-9,12,27H,11H2,(H,28,29). The molecule has 6 nitrogen and oxygen atoms in total. The normalized spacial score (nSPS) is 10.6. The fraction of sp³-hybridized carbons (Fsp3) is 0.0455. The van der Waals surface area contributed by atoms with E-state index in [-0.39, 0.29) is 5.02 Å². The van der Waals surface area contributed by atoms with E-state index in [1.54, 1.807) is 18.2 Å². The molecule has 2 heterocycles. The quantitative estimate of drug-likeness (QED) is 0.305. The number of pyridine rings is 2. The summed E-state index contributed by atoms with van der Waals surface area (Å²) in [6.07, 6.45) is 4.27. The van der Waals surface area contributed by atoms with Crippen LogP contribution in [0.4, 0.5) is 21.5 Å². The number of hydrogen-bond acceptors (Lipinski definition) is 5. The minimum Gasteiger partial charge on any atom is -0.619 e. The summed E-state index contributed by atoms with van der Waals surface area (Å²) in [7, 11) is 0. The first-order valence-electron chi connectivity index (χ1n) is 9.10. The Morgan fingerprint density at radius 1 is 1.06 bits per heavy atom. The van der Waals surface area contributed by atoms with E-state index in [9.17, 15) is 14.9 Å². The van der Waals surface area contributed by atoms with Crippen molar-refractivity contribution in [2.24, 2.45) is 0 Å². The van der Waals surface area contributed by atoms with Crippen molar-refractivity contribution < 1.29 is 9.12 Å². The second-order valence-corrected chi connectivity index (χ2v) is 7.50. The molecule has 2 N–H and O–H groups in total. The van der Waals surface area contributed by atoms with Gasteiger partial charge in [-0.05, 0) is 35.9 Å². The average Bonchev–Trinajstić information content (AvgIpc) is 2.76. The Morgan fingerprint density at radius 3 is 2.52 bits per heavy atom. The lowest BCUT2D eigenvalue weighted by Crippen LogP contribution is -2.23. The Balaban J connectivity index is 1.73. The molecule has 2 aromatic carbocycles. The predicted octanol–water partition coefficient (Wildman–Crippen LogP) is 5.54. The first-order chi connectivity index (χ1) is 14.9. The van der Waals surface area contributed by atoms with Crippen LogP contribution in [0.1, 0.15) is 11.1 Å². The van der Waals surface area contributed by atoms with Crippen LogP contribution in [0.3, 0.4) is 0 Å². The number of benzene rings is 2. The summed E-state index contributed by atoms with van der Waals surface area (Å²) in [5, 5.41) is 28.1. The van der Waals surface area contributed by atoms with Crippen LogP contribution in [0, 0.1) is 22.4 Å². The highest BCUT2D eigenvalue weighted by Gasteiger charge is 2.14. The Morgan fingerprint density at radius 2 is 1.81 bits per heavy atom. The predicted molar refractivity (Wildman–Crippen MR) is 119 cm³/mol. The summed E-state index contributed by atoms with van der Waals surface area (Å²) in [6, 6.07) is 13.3. The van der Waals surface area contributed by atoms with Crippen molar-refractivity contribution >= 4 is 51.2 Å². The fourth-order valence-electron chi connectivity index (χ4n) is 3.06. The van der Waals surface area contributed by atoms with Gasteiger partial charge in [-0.15, -0.1) is 0 Å². The first-order valence-corrected chi connectivity index (χ1v) is 9.86. The summed E-state index contributed by atoms with van der Waals surface area (Å²) in [5.74, 6) is -0.537. The number of rotatable bonds is 5. The zero-order valence-electron chi connectivity index (χ0n) is 15.9. The molecule has 0 saturated heterocycles. The fourth-order valence-corrected chi connectivity index (χ4v) is 3.51. The van der Waals surface area contributed by atoms with E-state index in [2.05, 4.69) is 21.7 Å². The maximum Gasteiger partial charge on any atom is 0.180 e. The maximum atomic E-state index is 13.5. The summed E-state index contributed by atoms with van der Waals surface area (Å²) in [6.45, 7) is 0.463. The highest BCUT2D eigenvalue weighted by Crippen LogP contribution is 2.35. The van der Waals surface area contributed by atoms with Gasteiger partial charge >= 0.3 is 0 Å². The van der Waals surface area contributed by atoms with E-state index in [0.717, 1.165) is 5.56 Å². The molecule has 4 aromatic rings. The Bertz CT molecular complexity index is 1320. The topological polar surface area (TPSA) is 87.7 Å². The SMILES string of the molecule is N#Cc1cnc2c(Cl)cc(NCc3cc[n+]([O-])cc3)cc2c1Nc1ccc(F)c(Cl)c1. The number of fused-ring (bicyclic) bond motifs is 1. The molecule has 0 bridgehead atoms. The van der Waals surface area contributed by atoms with Crippen molar-refractivity contribution in [2.45, 2.75) is 6.54 Å². The van der Waals surface area contributed by atoms with E-state index in [4.69, 9.17) is 23.2 Å². The van der Waals surface area contributed by atoms with Crippen molar-refractivity contribution in [1.29, 1.82) is 5.26 Å². The molecular weight excluding hydrogens is 440 g/mol. The molecule has 0 saturated carbocycles. The summed E-state index contributed by atoms with van der Waals surface area (Å²) in [5.41, 5.74) is 3.41. The highest BCUT2D eigenvalue weighted by molar-refractivity contribution is 6.36. The van der Waals surface area contributed by atoms with E-state index in [0.29, 0.717) is 49.8 Å². The Hall–Kier alpha value is -3.60. The molecule has 0 aliphatic heterocycles. The number of aromatic nitrogens is 2. The number of nitrogens with zero attached hydrogens (tertiary/aromatic N) is 3.